The predicted molar refractivity (Wildman–Crippen MR) is 141 cm³/mol. The Morgan fingerprint density at radius 3 is 2.36 bits per heavy atom. The van der Waals surface area contributed by atoms with Gasteiger partial charge in [0.25, 0.3) is 0 Å². The second-order valence-electron chi connectivity index (χ2n) is 9.54. The topological polar surface area (TPSA) is 51.8 Å². The summed E-state index contributed by atoms with van der Waals surface area (Å²) in [6.45, 7) is 7.10. The Bertz CT molecular complexity index is 1510. The van der Waals surface area contributed by atoms with Crippen molar-refractivity contribution in [2.45, 2.75) is 20.0 Å². The van der Waals surface area contributed by atoms with Crippen LogP contribution in [0.4, 0.5) is 5.69 Å². The second-order valence-corrected chi connectivity index (χ2v) is 13.9. The molecular formula is C28H27N4Si+. The first-order valence-electron chi connectivity index (χ1n) is 11.2. The molecule has 0 saturated heterocycles. The van der Waals surface area contributed by atoms with Crippen molar-refractivity contribution in [3.8, 4) is 0 Å². The summed E-state index contributed by atoms with van der Waals surface area (Å²) in [6, 6.07) is 19.2. The third-order valence-corrected chi connectivity index (χ3v) is 10.4. The van der Waals surface area contributed by atoms with Gasteiger partial charge in [-0.1, -0.05) is 78.4 Å². The number of benzene rings is 3. The summed E-state index contributed by atoms with van der Waals surface area (Å²) in [5, 5.41) is 8.97. The molecule has 33 heavy (non-hydrogen) atoms. The summed E-state index contributed by atoms with van der Waals surface area (Å²) in [6.07, 6.45) is 6.91. The largest absolute Gasteiger partial charge is 0.235 e. The third-order valence-electron chi connectivity index (χ3n) is 6.90. The van der Waals surface area contributed by atoms with Crippen molar-refractivity contribution >= 4 is 41.0 Å². The van der Waals surface area contributed by atoms with E-state index in [4.69, 9.17) is 5.53 Å². The number of fused-ring (bicyclic) bond motifs is 3. The molecule has 1 aliphatic carbocycles. The van der Waals surface area contributed by atoms with Crippen molar-refractivity contribution in [1.82, 2.24) is 0 Å². The molecule has 2 aliphatic rings. The van der Waals surface area contributed by atoms with Crippen LogP contribution in [-0.4, -0.2) is 32.5 Å². The highest BCUT2D eigenvalue weighted by atomic mass is 28.3. The van der Waals surface area contributed by atoms with Gasteiger partial charge in [-0.05, 0) is 62.0 Å². The normalized spacial score (nSPS) is 16.2. The Labute approximate surface area is 195 Å². The van der Waals surface area contributed by atoms with Crippen LogP contribution in [0.3, 0.4) is 0 Å². The zero-order valence-corrected chi connectivity index (χ0v) is 20.7. The lowest BCUT2D eigenvalue weighted by atomic mass is 9.86. The number of hydrogen-bond donors (Lipinski definition) is 0. The van der Waals surface area contributed by atoms with Gasteiger partial charge in [0.2, 0.25) is 0 Å². The molecule has 0 saturated carbocycles. The lowest BCUT2D eigenvalue weighted by Gasteiger charge is -2.38. The van der Waals surface area contributed by atoms with Gasteiger partial charge in [0.1, 0.15) is 22.2 Å². The van der Waals surface area contributed by atoms with E-state index in [2.05, 4.69) is 103 Å². The Kier molecular flexibility index (Phi) is 4.97. The summed E-state index contributed by atoms with van der Waals surface area (Å²) in [5.74, 6) is 0. The first-order valence-corrected chi connectivity index (χ1v) is 14.2. The molecule has 0 aromatic heterocycles. The lowest BCUT2D eigenvalue weighted by Crippen LogP contribution is -2.49. The van der Waals surface area contributed by atoms with E-state index >= 15 is 0 Å². The van der Waals surface area contributed by atoms with E-state index in [0.29, 0.717) is 5.69 Å². The quantitative estimate of drug-likeness (QED) is 0.140. The van der Waals surface area contributed by atoms with E-state index in [0.717, 1.165) is 10.8 Å². The van der Waals surface area contributed by atoms with E-state index in [1.807, 2.05) is 18.2 Å². The van der Waals surface area contributed by atoms with E-state index < -0.39 is 8.07 Å². The standard InChI is InChI=1S/C28H27N4Si/c1-18-10-12-23-26(16-18)33(4,5)27-17-19(32(2)3)11-13-24(27)28(23)22-14-15-25(30-31-29)21-9-7-6-8-20(21)22/h6-17H,1-5H3/q+1. The molecule has 5 rings (SSSR count). The van der Waals surface area contributed by atoms with Crippen molar-refractivity contribution in [2.24, 2.45) is 5.11 Å². The Morgan fingerprint density at radius 1 is 0.909 bits per heavy atom. The summed E-state index contributed by atoms with van der Waals surface area (Å²) in [4.78, 5) is 3.04. The molecule has 0 unspecified atom stereocenters. The number of allylic oxidation sites excluding steroid dienone is 5. The Balaban J connectivity index is 1.93. The highest BCUT2D eigenvalue weighted by molar-refractivity contribution is 6.98. The summed E-state index contributed by atoms with van der Waals surface area (Å²) >= 11 is 0. The zero-order chi connectivity index (χ0) is 23.3. The van der Waals surface area contributed by atoms with Gasteiger partial charge in [-0.2, -0.15) is 0 Å². The molecular weight excluding hydrogens is 420 g/mol. The molecule has 0 spiro atoms. The smallest absolute Gasteiger partial charge is 0.199 e. The van der Waals surface area contributed by atoms with Crippen LogP contribution in [0.1, 0.15) is 16.7 Å². The van der Waals surface area contributed by atoms with Crippen LogP contribution in [0.15, 0.2) is 88.7 Å². The molecule has 3 aromatic carbocycles. The highest BCUT2D eigenvalue weighted by Gasteiger charge is 2.40. The van der Waals surface area contributed by atoms with Gasteiger partial charge >= 0.3 is 0 Å². The molecule has 0 atom stereocenters. The first-order chi connectivity index (χ1) is 15.8. The Hall–Kier alpha value is -3.66. The number of nitrogens with zero attached hydrogens (tertiary/aromatic N) is 4. The van der Waals surface area contributed by atoms with Gasteiger partial charge in [0.15, 0.2) is 5.71 Å². The van der Waals surface area contributed by atoms with Gasteiger partial charge in [0.05, 0.1) is 0 Å². The number of aryl methyl sites for hydroxylation is 1. The molecule has 0 amide bonds. The molecule has 0 N–H and O–H groups in total. The zero-order valence-electron chi connectivity index (χ0n) is 19.7. The maximum absolute atomic E-state index is 9.07. The summed E-state index contributed by atoms with van der Waals surface area (Å²) in [5.41, 5.74) is 17.3. The Morgan fingerprint density at radius 2 is 1.64 bits per heavy atom. The van der Waals surface area contributed by atoms with Gasteiger partial charge in [-0.15, -0.1) is 0 Å². The summed E-state index contributed by atoms with van der Waals surface area (Å²) in [7, 11) is 2.28. The fraction of sp³-hybridized carbons (Fsp3) is 0.179. The minimum absolute atomic E-state index is 0.662. The number of rotatable bonds is 2. The molecule has 5 heteroatoms. The minimum atomic E-state index is -1.92. The number of azide groups is 1. The minimum Gasteiger partial charge on any atom is -0.235 e. The third kappa shape index (κ3) is 3.29. The average molecular weight is 448 g/mol. The van der Waals surface area contributed by atoms with Crippen molar-refractivity contribution < 1.29 is 4.58 Å². The van der Waals surface area contributed by atoms with Gasteiger partial charge in [-0.25, -0.2) is 4.58 Å². The van der Waals surface area contributed by atoms with Crippen LogP contribution in [-0.2, 0) is 0 Å². The fourth-order valence-electron chi connectivity index (χ4n) is 5.16. The molecule has 4 nitrogen and oxygen atoms in total. The fourth-order valence-corrected chi connectivity index (χ4v) is 8.31. The van der Waals surface area contributed by atoms with Gasteiger partial charge in [0, 0.05) is 22.8 Å². The van der Waals surface area contributed by atoms with Crippen molar-refractivity contribution in [3.63, 3.8) is 0 Å². The first kappa shape index (κ1) is 21.2. The van der Waals surface area contributed by atoms with Crippen LogP contribution >= 0.6 is 0 Å². The van der Waals surface area contributed by atoms with Gasteiger partial charge < -0.3 is 0 Å². The van der Waals surface area contributed by atoms with Crippen molar-refractivity contribution in [3.05, 3.63) is 111 Å². The molecule has 0 bridgehead atoms. The van der Waals surface area contributed by atoms with E-state index in [1.54, 1.807) is 0 Å². The van der Waals surface area contributed by atoms with Crippen LogP contribution < -0.4 is 5.19 Å². The molecule has 1 aliphatic heterocycles. The van der Waals surface area contributed by atoms with Crippen molar-refractivity contribution in [2.75, 3.05) is 14.1 Å². The maximum Gasteiger partial charge on any atom is 0.199 e. The second kappa shape index (κ2) is 7.73. The number of hydrogen-bond acceptors (Lipinski definition) is 1. The maximum atomic E-state index is 9.07. The van der Waals surface area contributed by atoms with Crippen LogP contribution in [0.25, 0.3) is 26.8 Å². The molecule has 0 radical (unpaired) electrons. The highest BCUT2D eigenvalue weighted by Crippen LogP contribution is 2.44. The van der Waals surface area contributed by atoms with Crippen LogP contribution in [0.5, 0.6) is 0 Å². The molecule has 3 aromatic rings. The van der Waals surface area contributed by atoms with Crippen LogP contribution in [0, 0.1) is 6.92 Å². The van der Waals surface area contributed by atoms with Gasteiger partial charge in [-0.3, -0.25) is 0 Å². The van der Waals surface area contributed by atoms with E-state index in [9.17, 15) is 0 Å². The van der Waals surface area contributed by atoms with E-state index in [1.165, 1.54) is 43.9 Å². The monoisotopic (exact) mass is 447 g/mol. The summed E-state index contributed by atoms with van der Waals surface area (Å²) < 4.78 is 2.18. The van der Waals surface area contributed by atoms with Crippen LogP contribution in [0.2, 0.25) is 13.1 Å². The van der Waals surface area contributed by atoms with Crippen molar-refractivity contribution in [1.29, 1.82) is 0 Å². The molecule has 162 valence electrons. The molecule has 1 heterocycles. The average Bonchev–Trinajstić information content (AvgIpc) is 2.80. The lowest BCUT2D eigenvalue weighted by molar-refractivity contribution is -0.462. The molecule has 0 fully saturated rings. The SMILES string of the molecule is Cc1ccc2c(c1)[Si](C)(C)C1=CC(=[N+](C)C)C=CC1=C2c1ccc(N=[N+]=[N-])c2ccccc12. The van der Waals surface area contributed by atoms with E-state index in [-0.39, 0.29) is 0 Å². The predicted octanol–water partition coefficient (Wildman–Crippen LogP) is 6.57.